The van der Waals surface area contributed by atoms with Gasteiger partial charge in [-0.05, 0) is 60.1 Å². The minimum absolute atomic E-state index is 0.101. The number of hydrogen-bond acceptors (Lipinski definition) is 2. The summed E-state index contributed by atoms with van der Waals surface area (Å²) in [4.78, 5) is 0. The van der Waals surface area contributed by atoms with Gasteiger partial charge in [0.25, 0.3) is 0 Å². The van der Waals surface area contributed by atoms with Gasteiger partial charge in [0.2, 0.25) is 0 Å². The van der Waals surface area contributed by atoms with E-state index >= 15 is 0 Å². The molecule has 2 atom stereocenters. The van der Waals surface area contributed by atoms with Gasteiger partial charge in [-0.25, -0.2) is 0 Å². The Morgan fingerprint density at radius 1 is 0.931 bits per heavy atom. The highest BCUT2D eigenvalue weighted by Gasteiger charge is 2.40. The second-order valence-electron chi connectivity index (χ2n) is 8.43. The van der Waals surface area contributed by atoms with Gasteiger partial charge in [-0.1, -0.05) is 76.3 Å². The van der Waals surface area contributed by atoms with E-state index in [-0.39, 0.29) is 5.41 Å². The van der Waals surface area contributed by atoms with Gasteiger partial charge < -0.3 is 9.47 Å². The molecule has 0 saturated heterocycles. The Balaban J connectivity index is 2.05. The molecule has 2 aromatic carbocycles. The summed E-state index contributed by atoms with van der Waals surface area (Å²) < 4.78 is 11.7. The van der Waals surface area contributed by atoms with Crippen LogP contribution in [0.1, 0.15) is 50.7 Å². The predicted octanol–water partition coefficient (Wildman–Crippen LogP) is 6.95. The predicted molar refractivity (Wildman–Crippen MR) is 122 cm³/mol. The molecule has 1 saturated carbocycles. The van der Waals surface area contributed by atoms with E-state index in [0.717, 1.165) is 17.4 Å². The summed E-state index contributed by atoms with van der Waals surface area (Å²) in [5.74, 6) is 3.14. The summed E-state index contributed by atoms with van der Waals surface area (Å²) in [6.07, 6.45) is 8.69. The molecule has 2 aromatic rings. The van der Waals surface area contributed by atoms with E-state index in [1.165, 1.54) is 36.8 Å². The lowest BCUT2D eigenvalue weighted by atomic mass is 9.61. The van der Waals surface area contributed by atoms with Crippen molar-refractivity contribution in [3.63, 3.8) is 0 Å². The molecule has 1 fully saturated rings. The van der Waals surface area contributed by atoms with Crippen LogP contribution in [0.3, 0.4) is 0 Å². The van der Waals surface area contributed by atoms with Crippen molar-refractivity contribution in [1.29, 1.82) is 0 Å². The third-order valence-electron chi connectivity index (χ3n) is 6.36. The summed E-state index contributed by atoms with van der Waals surface area (Å²) in [7, 11) is 0. The van der Waals surface area contributed by atoms with Crippen LogP contribution in [0.15, 0.2) is 73.8 Å². The highest BCUT2D eigenvalue weighted by atomic mass is 16.5. The Morgan fingerprint density at radius 3 is 1.97 bits per heavy atom. The molecule has 1 aliphatic carbocycles. The van der Waals surface area contributed by atoms with Crippen molar-refractivity contribution < 1.29 is 9.47 Å². The third-order valence-corrected chi connectivity index (χ3v) is 6.36. The number of benzene rings is 2. The van der Waals surface area contributed by atoms with Gasteiger partial charge in [0, 0.05) is 5.41 Å². The molecular weight excluding hydrogens is 356 g/mol. The third kappa shape index (κ3) is 4.93. The van der Waals surface area contributed by atoms with Crippen molar-refractivity contribution in [1.82, 2.24) is 0 Å². The molecule has 1 aliphatic rings. The molecule has 0 bridgehead atoms. The Labute approximate surface area is 176 Å². The van der Waals surface area contributed by atoms with Crippen LogP contribution in [0.2, 0.25) is 0 Å². The second-order valence-corrected chi connectivity index (χ2v) is 8.43. The Kier molecular flexibility index (Phi) is 7.19. The zero-order chi connectivity index (χ0) is 20.7. The molecule has 0 radical (unpaired) electrons. The van der Waals surface area contributed by atoms with E-state index in [9.17, 15) is 0 Å². The fourth-order valence-corrected chi connectivity index (χ4v) is 4.72. The summed E-state index contributed by atoms with van der Waals surface area (Å²) >= 11 is 0. The highest BCUT2D eigenvalue weighted by Crippen LogP contribution is 2.48. The second kappa shape index (κ2) is 9.82. The van der Waals surface area contributed by atoms with Gasteiger partial charge in [0.1, 0.15) is 24.7 Å². The molecule has 0 aliphatic heterocycles. The standard InChI is InChI=1S/C27H34O2/c1-5-16-28-25-14-8-12-23(19-25)27(4,22-11-7-10-21(3)18-22)24-13-9-15-26(20-24)29-17-6-2/h5-6,8-9,12-15,19-22H,1-2,7,10-11,16-18H2,3-4H3. The van der Waals surface area contributed by atoms with E-state index in [4.69, 9.17) is 9.47 Å². The molecule has 0 amide bonds. The average molecular weight is 391 g/mol. The highest BCUT2D eigenvalue weighted by molar-refractivity contribution is 5.45. The monoisotopic (exact) mass is 390 g/mol. The maximum Gasteiger partial charge on any atom is 0.120 e. The van der Waals surface area contributed by atoms with Gasteiger partial charge in [0.15, 0.2) is 0 Å². The number of ether oxygens (including phenoxy) is 2. The van der Waals surface area contributed by atoms with E-state index in [0.29, 0.717) is 19.1 Å². The van der Waals surface area contributed by atoms with Gasteiger partial charge in [-0.3, -0.25) is 0 Å². The smallest absolute Gasteiger partial charge is 0.120 e. The SMILES string of the molecule is C=CCOc1cccc(C(C)(c2cccc(OCC=C)c2)C2CCCC(C)C2)c1. The van der Waals surface area contributed by atoms with Crippen LogP contribution in [0, 0.1) is 11.8 Å². The first-order valence-corrected chi connectivity index (χ1v) is 10.8. The van der Waals surface area contributed by atoms with Crippen molar-refractivity contribution in [2.75, 3.05) is 13.2 Å². The van der Waals surface area contributed by atoms with Gasteiger partial charge in [0.05, 0.1) is 0 Å². The maximum absolute atomic E-state index is 5.86. The molecule has 2 nitrogen and oxygen atoms in total. The van der Waals surface area contributed by atoms with Crippen molar-refractivity contribution in [3.05, 3.63) is 85.0 Å². The molecule has 2 unspecified atom stereocenters. The van der Waals surface area contributed by atoms with Crippen molar-refractivity contribution in [2.24, 2.45) is 11.8 Å². The summed E-state index contributed by atoms with van der Waals surface area (Å²) in [5.41, 5.74) is 2.51. The molecule has 154 valence electrons. The fourth-order valence-electron chi connectivity index (χ4n) is 4.72. The first kappa shape index (κ1) is 21.2. The molecular formula is C27H34O2. The first-order valence-electron chi connectivity index (χ1n) is 10.8. The zero-order valence-electron chi connectivity index (χ0n) is 17.9. The van der Waals surface area contributed by atoms with E-state index in [2.05, 4.69) is 63.4 Å². The fraction of sp³-hybridized carbons (Fsp3) is 0.407. The van der Waals surface area contributed by atoms with E-state index < -0.39 is 0 Å². The lowest BCUT2D eigenvalue weighted by Crippen LogP contribution is -2.36. The number of hydrogen-bond donors (Lipinski definition) is 0. The molecule has 29 heavy (non-hydrogen) atoms. The van der Waals surface area contributed by atoms with Crippen LogP contribution < -0.4 is 9.47 Å². The number of rotatable bonds is 9. The quantitative estimate of drug-likeness (QED) is 0.431. The molecule has 0 heterocycles. The summed E-state index contributed by atoms with van der Waals surface area (Å²) in [5, 5.41) is 0. The first-order chi connectivity index (χ1) is 14.1. The minimum Gasteiger partial charge on any atom is -0.490 e. The topological polar surface area (TPSA) is 18.5 Å². The summed E-state index contributed by atoms with van der Waals surface area (Å²) in [6.45, 7) is 13.4. The van der Waals surface area contributed by atoms with Crippen LogP contribution >= 0.6 is 0 Å². The van der Waals surface area contributed by atoms with Crippen LogP contribution in [-0.4, -0.2) is 13.2 Å². The van der Waals surface area contributed by atoms with Gasteiger partial charge >= 0.3 is 0 Å². The van der Waals surface area contributed by atoms with Gasteiger partial charge in [-0.2, -0.15) is 0 Å². The van der Waals surface area contributed by atoms with Crippen LogP contribution in [0.25, 0.3) is 0 Å². The molecule has 0 spiro atoms. The Hall–Kier alpha value is -2.48. The largest absolute Gasteiger partial charge is 0.490 e. The van der Waals surface area contributed by atoms with E-state index in [1.54, 1.807) is 12.2 Å². The van der Waals surface area contributed by atoms with E-state index in [1.807, 2.05) is 12.1 Å². The molecule has 0 N–H and O–H groups in total. The average Bonchev–Trinajstić information content (AvgIpc) is 2.76. The lowest BCUT2D eigenvalue weighted by Gasteiger charge is -2.43. The van der Waals surface area contributed by atoms with Crippen molar-refractivity contribution in [3.8, 4) is 11.5 Å². The van der Waals surface area contributed by atoms with Crippen LogP contribution in [-0.2, 0) is 5.41 Å². The Morgan fingerprint density at radius 2 is 1.48 bits per heavy atom. The Bertz CT molecular complexity index is 767. The molecule has 2 heteroatoms. The van der Waals surface area contributed by atoms with Crippen molar-refractivity contribution >= 4 is 0 Å². The van der Waals surface area contributed by atoms with Crippen molar-refractivity contribution in [2.45, 2.75) is 44.9 Å². The van der Waals surface area contributed by atoms with Crippen LogP contribution in [0.4, 0.5) is 0 Å². The van der Waals surface area contributed by atoms with Gasteiger partial charge in [-0.15, -0.1) is 0 Å². The minimum atomic E-state index is -0.101. The zero-order valence-corrected chi connectivity index (χ0v) is 17.9. The summed E-state index contributed by atoms with van der Waals surface area (Å²) in [6, 6.07) is 17.2. The molecule has 3 rings (SSSR count). The maximum atomic E-state index is 5.86. The van der Waals surface area contributed by atoms with Crippen LogP contribution in [0.5, 0.6) is 11.5 Å². The molecule has 0 aromatic heterocycles. The normalized spacial score (nSPS) is 19.4. The lowest BCUT2D eigenvalue weighted by molar-refractivity contribution is 0.207.